The van der Waals surface area contributed by atoms with Gasteiger partial charge in [-0.1, -0.05) is 18.2 Å². The van der Waals surface area contributed by atoms with Crippen molar-refractivity contribution in [1.29, 1.82) is 0 Å². The average molecular weight is 354 g/mol. The molecule has 1 aromatic carbocycles. The second kappa shape index (κ2) is 5.95. The Labute approximate surface area is 147 Å². The van der Waals surface area contributed by atoms with Crippen molar-refractivity contribution in [3.8, 4) is 5.69 Å². The second-order valence-corrected chi connectivity index (χ2v) is 7.56. The van der Waals surface area contributed by atoms with E-state index in [1.807, 2.05) is 31.2 Å². The van der Waals surface area contributed by atoms with Crippen molar-refractivity contribution in [3.63, 3.8) is 0 Å². The predicted octanol–water partition coefficient (Wildman–Crippen LogP) is 3.74. The molecule has 0 bridgehead atoms. The summed E-state index contributed by atoms with van der Waals surface area (Å²) in [5.41, 5.74) is 3.29. The summed E-state index contributed by atoms with van der Waals surface area (Å²) < 4.78 is 1.75. The maximum atomic E-state index is 4.46. The van der Waals surface area contributed by atoms with Gasteiger partial charge in [0.05, 0.1) is 5.69 Å². The summed E-state index contributed by atoms with van der Waals surface area (Å²) in [6.07, 6.45) is 1.60. The lowest BCUT2D eigenvalue weighted by atomic mass is 10.2. The molecule has 0 saturated heterocycles. The Morgan fingerprint density at radius 2 is 1.92 bits per heavy atom. The highest BCUT2D eigenvalue weighted by Crippen LogP contribution is 2.37. The lowest BCUT2D eigenvalue weighted by Gasteiger charge is -2.07. The first-order chi connectivity index (χ1) is 11.6. The summed E-state index contributed by atoms with van der Waals surface area (Å²) in [7, 11) is 0. The molecule has 0 unspecified atom stereocenters. The van der Waals surface area contributed by atoms with E-state index < -0.39 is 0 Å². The number of aromatic nitrogens is 6. The molecule has 0 fully saturated rings. The minimum atomic E-state index is 0.688. The molecule has 3 aromatic heterocycles. The highest BCUT2D eigenvalue weighted by molar-refractivity contribution is 7.99. The van der Waals surface area contributed by atoms with Crippen LogP contribution in [0.1, 0.15) is 16.0 Å². The minimum Gasteiger partial charge on any atom is -0.229 e. The van der Waals surface area contributed by atoms with E-state index >= 15 is 0 Å². The number of rotatable bonds is 3. The first kappa shape index (κ1) is 15.2. The monoisotopic (exact) mass is 354 g/mol. The van der Waals surface area contributed by atoms with E-state index in [1.165, 1.54) is 22.2 Å². The van der Waals surface area contributed by atoms with E-state index in [0.29, 0.717) is 5.16 Å². The Morgan fingerprint density at radius 3 is 2.75 bits per heavy atom. The fraction of sp³-hybridized carbons (Fsp3) is 0.188. The molecule has 0 amide bonds. The molecule has 0 aliphatic rings. The molecular formula is C16H14N6S2. The van der Waals surface area contributed by atoms with Crippen LogP contribution in [0, 0.1) is 20.8 Å². The maximum Gasteiger partial charge on any atom is 0.220 e. The van der Waals surface area contributed by atoms with E-state index in [-0.39, 0.29) is 0 Å². The number of tetrazole rings is 1. The van der Waals surface area contributed by atoms with Crippen LogP contribution in [0.5, 0.6) is 0 Å². The standard InChI is InChI=1S/C16H14N6S2/c1-9-6-4-5-7-12(9)22-16(19-20-21-22)24-15-13-10(2)11(3)23-14(13)17-8-18-15/h4-8H,1-3H3. The van der Waals surface area contributed by atoms with Gasteiger partial charge in [0.25, 0.3) is 0 Å². The van der Waals surface area contributed by atoms with Gasteiger partial charge in [0, 0.05) is 10.3 Å². The fourth-order valence-electron chi connectivity index (χ4n) is 2.51. The zero-order chi connectivity index (χ0) is 16.7. The van der Waals surface area contributed by atoms with Crippen molar-refractivity contribution in [3.05, 3.63) is 46.6 Å². The van der Waals surface area contributed by atoms with E-state index in [1.54, 1.807) is 22.3 Å². The second-order valence-electron chi connectivity index (χ2n) is 5.40. The Balaban J connectivity index is 1.81. The molecule has 0 aliphatic carbocycles. The smallest absolute Gasteiger partial charge is 0.220 e. The molecule has 0 N–H and O–H groups in total. The molecule has 6 nitrogen and oxygen atoms in total. The molecule has 24 heavy (non-hydrogen) atoms. The molecule has 4 aromatic rings. The lowest BCUT2D eigenvalue weighted by Crippen LogP contribution is -2.01. The molecule has 0 saturated carbocycles. The molecule has 0 spiro atoms. The summed E-state index contributed by atoms with van der Waals surface area (Å²) in [4.78, 5) is 11.1. The van der Waals surface area contributed by atoms with Gasteiger partial charge in [-0.05, 0) is 60.2 Å². The summed E-state index contributed by atoms with van der Waals surface area (Å²) in [5.74, 6) is 0. The van der Waals surface area contributed by atoms with E-state index in [2.05, 4.69) is 39.3 Å². The molecule has 3 heterocycles. The van der Waals surface area contributed by atoms with Crippen LogP contribution < -0.4 is 0 Å². The maximum absolute atomic E-state index is 4.46. The van der Waals surface area contributed by atoms with Crippen molar-refractivity contribution in [2.24, 2.45) is 0 Å². The highest BCUT2D eigenvalue weighted by atomic mass is 32.2. The van der Waals surface area contributed by atoms with Gasteiger partial charge in [-0.3, -0.25) is 0 Å². The molecule has 0 radical (unpaired) electrons. The summed E-state index contributed by atoms with van der Waals surface area (Å²) >= 11 is 3.15. The van der Waals surface area contributed by atoms with Gasteiger partial charge in [0.2, 0.25) is 5.16 Å². The first-order valence-electron chi connectivity index (χ1n) is 7.38. The minimum absolute atomic E-state index is 0.688. The number of thiophene rings is 1. The van der Waals surface area contributed by atoms with Gasteiger partial charge < -0.3 is 0 Å². The van der Waals surface area contributed by atoms with Crippen LogP contribution in [0.4, 0.5) is 0 Å². The lowest BCUT2D eigenvalue weighted by molar-refractivity contribution is 0.751. The van der Waals surface area contributed by atoms with Crippen LogP contribution in [0.3, 0.4) is 0 Å². The zero-order valence-electron chi connectivity index (χ0n) is 13.4. The van der Waals surface area contributed by atoms with Gasteiger partial charge >= 0.3 is 0 Å². The number of nitrogens with zero attached hydrogens (tertiary/aromatic N) is 6. The number of fused-ring (bicyclic) bond motifs is 1. The number of benzene rings is 1. The topological polar surface area (TPSA) is 69.4 Å². The van der Waals surface area contributed by atoms with E-state index in [0.717, 1.165) is 26.5 Å². The number of aryl methyl sites for hydroxylation is 3. The average Bonchev–Trinajstić information content (AvgIpc) is 3.14. The fourth-order valence-corrected chi connectivity index (χ4v) is 4.49. The largest absolute Gasteiger partial charge is 0.229 e. The third-order valence-electron chi connectivity index (χ3n) is 3.90. The van der Waals surface area contributed by atoms with Crippen molar-refractivity contribution in [2.75, 3.05) is 0 Å². The SMILES string of the molecule is Cc1ccccc1-n1nnnc1Sc1ncnc2sc(C)c(C)c12. The van der Waals surface area contributed by atoms with E-state index in [4.69, 9.17) is 0 Å². The molecular weight excluding hydrogens is 340 g/mol. The zero-order valence-corrected chi connectivity index (χ0v) is 15.0. The Bertz CT molecular complexity index is 1040. The van der Waals surface area contributed by atoms with Crippen LogP contribution >= 0.6 is 23.1 Å². The first-order valence-corrected chi connectivity index (χ1v) is 9.01. The summed E-state index contributed by atoms with van der Waals surface area (Å²) in [5, 5.41) is 14.8. The summed E-state index contributed by atoms with van der Waals surface area (Å²) in [6.45, 7) is 6.25. The third kappa shape index (κ3) is 2.47. The van der Waals surface area contributed by atoms with Crippen LogP contribution in [0.2, 0.25) is 0 Å². The van der Waals surface area contributed by atoms with Crippen LogP contribution in [-0.2, 0) is 0 Å². The molecule has 8 heteroatoms. The van der Waals surface area contributed by atoms with Gasteiger partial charge in [0.15, 0.2) is 0 Å². The Hall–Kier alpha value is -2.32. The van der Waals surface area contributed by atoms with Gasteiger partial charge in [0.1, 0.15) is 16.2 Å². The van der Waals surface area contributed by atoms with Crippen molar-refractivity contribution < 1.29 is 0 Å². The molecule has 4 rings (SSSR count). The third-order valence-corrected chi connectivity index (χ3v) is 5.96. The Morgan fingerprint density at radius 1 is 1.08 bits per heavy atom. The van der Waals surface area contributed by atoms with Gasteiger partial charge in [-0.25, -0.2) is 9.97 Å². The van der Waals surface area contributed by atoms with Crippen molar-refractivity contribution in [2.45, 2.75) is 31.0 Å². The molecule has 120 valence electrons. The van der Waals surface area contributed by atoms with E-state index in [9.17, 15) is 0 Å². The quantitative estimate of drug-likeness (QED) is 0.522. The van der Waals surface area contributed by atoms with Gasteiger partial charge in [-0.2, -0.15) is 4.68 Å². The normalized spacial score (nSPS) is 11.3. The van der Waals surface area contributed by atoms with Crippen LogP contribution in [0.15, 0.2) is 40.8 Å². The van der Waals surface area contributed by atoms with Crippen molar-refractivity contribution >= 4 is 33.3 Å². The number of hydrogen-bond donors (Lipinski definition) is 0. The molecule has 0 aliphatic heterocycles. The van der Waals surface area contributed by atoms with Crippen molar-refractivity contribution in [1.82, 2.24) is 30.2 Å². The Kier molecular flexibility index (Phi) is 3.78. The highest BCUT2D eigenvalue weighted by Gasteiger charge is 2.17. The summed E-state index contributed by atoms with van der Waals surface area (Å²) in [6, 6.07) is 8.03. The molecule has 0 atom stereocenters. The predicted molar refractivity (Wildman–Crippen MR) is 94.9 cm³/mol. The van der Waals surface area contributed by atoms with Crippen LogP contribution in [0.25, 0.3) is 15.9 Å². The van der Waals surface area contributed by atoms with Gasteiger partial charge in [-0.15, -0.1) is 16.4 Å². The number of para-hydroxylation sites is 1. The number of hydrogen-bond acceptors (Lipinski definition) is 7. The van der Waals surface area contributed by atoms with Crippen LogP contribution in [-0.4, -0.2) is 30.2 Å².